The summed E-state index contributed by atoms with van der Waals surface area (Å²) in [4.78, 5) is 28.1. The summed E-state index contributed by atoms with van der Waals surface area (Å²) in [5, 5.41) is 10.8. The van der Waals surface area contributed by atoms with Gasteiger partial charge in [-0.25, -0.2) is 9.78 Å². The van der Waals surface area contributed by atoms with Crippen molar-refractivity contribution in [3.8, 4) is 6.07 Å². The third-order valence-corrected chi connectivity index (χ3v) is 5.60. The molecule has 0 saturated heterocycles. The van der Waals surface area contributed by atoms with Crippen LogP contribution in [0.1, 0.15) is 45.2 Å². The molecular formula is C21H18N2O3S. The van der Waals surface area contributed by atoms with Gasteiger partial charge in [0.25, 0.3) is 0 Å². The van der Waals surface area contributed by atoms with Crippen molar-refractivity contribution in [1.29, 1.82) is 5.26 Å². The van der Waals surface area contributed by atoms with E-state index < -0.39 is 5.63 Å². The van der Waals surface area contributed by atoms with E-state index in [2.05, 4.69) is 11.1 Å². The van der Waals surface area contributed by atoms with Gasteiger partial charge in [-0.1, -0.05) is 12.1 Å². The number of aromatic nitrogens is 1. The largest absolute Gasteiger partial charge is 0.422 e. The lowest BCUT2D eigenvalue weighted by atomic mass is 10.0. The number of rotatable bonds is 4. The molecule has 5 nitrogen and oxygen atoms in total. The molecule has 1 aromatic carbocycles. The molecular weight excluding hydrogens is 360 g/mol. The van der Waals surface area contributed by atoms with Crippen LogP contribution >= 0.6 is 11.8 Å². The summed E-state index contributed by atoms with van der Waals surface area (Å²) in [7, 11) is 0. The number of aryl methyl sites for hydroxylation is 3. The molecule has 0 aliphatic rings. The van der Waals surface area contributed by atoms with Crippen LogP contribution in [0.5, 0.6) is 0 Å². The van der Waals surface area contributed by atoms with Crippen LogP contribution in [-0.2, 0) is 5.75 Å². The Balaban J connectivity index is 2.02. The van der Waals surface area contributed by atoms with Crippen LogP contribution in [0.15, 0.2) is 38.5 Å². The van der Waals surface area contributed by atoms with Crippen molar-refractivity contribution in [2.45, 2.75) is 38.5 Å². The number of Topliss-reactive ketones (excluding diaryl/α,β-unsaturated/α-hetero) is 1. The normalized spacial score (nSPS) is 10.8. The lowest BCUT2D eigenvalue weighted by molar-refractivity contribution is 0.101. The fourth-order valence-electron chi connectivity index (χ4n) is 2.92. The minimum absolute atomic E-state index is 0.120. The van der Waals surface area contributed by atoms with Crippen LogP contribution < -0.4 is 5.63 Å². The van der Waals surface area contributed by atoms with E-state index >= 15 is 0 Å². The van der Waals surface area contributed by atoms with E-state index in [-0.39, 0.29) is 5.78 Å². The number of fused-ring (bicyclic) bond motifs is 1. The van der Waals surface area contributed by atoms with E-state index in [4.69, 9.17) is 4.42 Å². The third-order valence-electron chi connectivity index (χ3n) is 4.56. The first-order valence-corrected chi connectivity index (χ1v) is 9.38. The van der Waals surface area contributed by atoms with Gasteiger partial charge in [0.1, 0.15) is 16.7 Å². The predicted octanol–water partition coefficient (Wildman–Crippen LogP) is 4.48. The zero-order valence-corrected chi connectivity index (χ0v) is 16.4. The van der Waals surface area contributed by atoms with Crippen molar-refractivity contribution < 1.29 is 9.21 Å². The predicted molar refractivity (Wildman–Crippen MR) is 105 cm³/mol. The first-order chi connectivity index (χ1) is 12.8. The zero-order valence-electron chi connectivity index (χ0n) is 15.5. The molecule has 0 atom stereocenters. The van der Waals surface area contributed by atoms with Gasteiger partial charge >= 0.3 is 5.63 Å². The highest BCUT2D eigenvalue weighted by Crippen LogP contribution is 2.30. The lowest BCUT2D eigenvalue weighted by Crippen LogP contribution is -2.03. The standard InChI is InChI=1S/C21H18N2O3S/c1-11-5-6-17-16(8-19(25)26-20(17)12(11)2)10-27-21-15(9-22)7-18(14(4)24)13(3)23-21/h5-8H,10H2,1-4H3. The fraction of sp³-hybridized carbons (Fsp3) is 0.238. The molecule has 0 spiro atoms. The van der Waals surface area contributed by atoms with Gasteiger partial charge in [0.15, 0.2) is 5.78 Å². The van der Waals surface area contributed by atoms with Gasteiger partial charge in [-0.05, 0) is 50.5 Å². The summed E-state index contributed by atoms with van der Waals surface area (Å²) >= 11 is 1.37. The molecule has 0 N–H and O–H groups in total. The number of thioether (sulfide) groups is 1. The van der Waals surface area contributed by atoms with Crippen LogP contribution in [0.25, 0.3) is 11.0 Å². The number of pyridine rings is 1. The average molecular weight is 378 g/mol. The van der Waals surface area contributed by atoms with E-state index in [9.17, 15) is 14.9 Å². The van der Waals surface area contributed by atoms with Gasteiger partial charge in [0, 0.05) is 28.5 Å². The van der Waals surface area contributed by atoms with Crippen molar-refractivity contribution in [2.75, 3.05) is 0 Å². The number of carbonyl (C=O) groups excluding carboxylic acids is 1. The number of ketones is 1. The van der Waals surface area contributed by atoms with E-state index in [0.717, 1.165) is 22.1 Å². The maximum Gasteiger partial charge on any atom is 0.336 e. The minimum Gasteiger partial charge on any atom is -0.422 e. The summed E-state index contributed by atoms with van der Waals surface area (Å²) in [5.74, 6) is 0.344. The van der Waals surface area contributed by atoms with Crippen molar-refractivity contribution >= 4 is 28.5 Å². The van der Waals surface area contributed by atoms with Crippen molar-refractivity contribution in [1.82, 2.24) is 4.98 Å². The van der Waals surface area contributed by atoms with E-state index in [1.54, 1.807) is 13.0 Å². The Labute approximate surface area is 161 Å². The molecule has 0 aliphatic heterocycles. The molecule has 0 aliphatic carbocycles. The molecule has 0 amide bonds. The highest BCUT2D eigenvalue weighted by atomic mass is 32.2. The van der Waals surface area contributed by atoms with Gasteiger partial charge in [-0.2, -0.15) is 5.26 Å². The summed E-state index contributed by atoms with van der Waals surface area (Å²) < 4.78 is 5.40. The van der Waals surface area contributed by atoms with Crippen LogP contribution in [0.3, 0.4) is 0 Å². The summed E-state index contributed by atoms with van der Waals surface area (Å²) in [5.41, 5.74) is 4.41. The Morgan fingerprint density at radius 1 is 1.26 bits per heavy atom. The molecule has 2 heterocycles. The van der Waals surface area contributed by atoms with Gasteiger partial charge < -0.3 is 4.42 Å². The zero-order chi connectivity index (χ0) is 19.7. The summed E-state index contributed by atoms with van der Waals surface area (Å²) in [6.45, 7) is 7.10. The Morgan fingerprint density at radius 3 is 2.67 bits per heavy atom. The monoisotopic (exact) mass is 378 g/mol. The Kier molecular flexibility index (Phi) is 5.15. The van der Waals surface area contributed by atoms with Crippen LogP contribution in [0.2, 0.25) is 0 Å². The number of benzene rings is 1. The van der Waals surface area contributed by atoms with E-state index in [1.165, 1.54) is 24.8 Å². The molecule has 3 rings (SSSR count). The summed E-state index contributed by atoms with van der Waals surface area (Å²) in [6, 6.07) is 9.10. The van der Waals surface area contributed by atoms with Crippen LogP contribution in [-0.4, -0.2) is 10.8 Å². The Morgan fingerprint density at radius 2 is 2.00 bits per heavy atom. The molecule has 136 valence electrons. The molecule has 27 heavy (non-hydrogen) atoms. The first-order valence-electron chi connectivity index (χ1n) is 8.40. The molecule has 2 aromatic heterocycles. The molecule has 0 fully saturated rings. The van der Waals surface area contributed by atoms with Gasteiger partial charge in [-0.15, -0.1) is 11.8 Å². The molecule has 0 saturated carbocycles. The number of hydrogen-bond acceptors (Lipinski definition) is 6. The number of hydrogen-bond donors (Lipinski definition) is 0. The third kappa shape index (κ3) is 3.64. The molecule has 0 bridgehead atoms. The second kappa shape index (κ2) is 7.37. The number of nitrogens with zero attached hydrogens (tertiary/aromatic N) is 2. The van der Waals surface area contributed by atoms with Gasteiger partial charge in [0.2, 0.25) is 0 Å². The Bertz CT molecular complexity index is 1170. The Hall–Kier alpha value is -2.91. The quantitative estimate of drug-likeness (QED) is 0.378. The van der Waals surface area contributed by atoms with Crippen LogP contribution in [0, 0.1) is 32.1 Å². The topological polar surface area (TPSA) is 84.0 Å². The van der Waals surface area contributed by atoms with Crippen molar-refractivity contribution in [3.63, 3.8) is 0 Å². The maximum absolute atomic E-state index is 12.0. The molecule has 3 aromatic rings. The fourth-order valence-corrected chi connectivity index (χ4v) is 3.91. The van der Waals surface area contributed by atoms with Gasteiger partial charge in [-0.3, -0.25) is 4.79 Å². The first kappa shape index (κ1) is 18.9. The highest BCUT2D eigenvalue weighted by Gasteiger charge is 2.15. The van der Waals surface area contributed by atoms with E-state index in [0.29, 0.717) is 33.2 Å². The van der Waals surface area contributed by atoms with Crippen molar-refractivity contribution in [2.24, 2.45) is 0 Å². The highest BCUT2D eigenvalue weighted by molar-refractivity contribution is 7.98. The van der Waals surface area contributed by atoms with Crippen LogP contribution in [0.4, 0.5) is 0 Å². The second-order valence-electron chi connectivity index (χ2n) is 6.41. The van der Waals surface area contributed by atoms with E-state index in [1.807, 2.05) is 26.0 Å². The molecule has 0 unspecified atom stereocenters. The molecule has 0 radical (unpaired) electrons. The lowest BCUT2D eigenvalue weighted by Gasteiger charge is -2.10. The number of carbonyl (C=O) groups is 1. The van der Waals surface area contributed by atoms with Crippen molar-refractivity contribution in [3.05, 3.63) is 68.2 Å². The smallest absolute Gasteiger partial charge is 0.336 e. The van der Waals surface area contributed by atoms with Gasteiger partial charge in [0.05, 0.1) is 5.56 Å². The SMILES string of the molecule is CC(=O)c1cc(C#N)c(SCc2cc(=O)oc3c(C)c(C)ccc23)nc1C. The average Bonchev–Trinajstić information content (AvgIpc) is 2.62. The maximum atomic E-state index is 12.0. The minimum atomic E-state index is -0.400. The molecule has 6 heteroatoms. The second-order valence-corrected chi connectivity index (χ2v) is 7.37. The number of nitriles is 1. The summed E-state index contributed by atoms with van der Waals surface area (Å²) in [6.07, 6.45) is 0.